The van der Waals surface area contributed by atoms with Crippen LogP contribution in [-0.4, -0.2) is 57.2 Å². The first-order valence-corrected chi connectivity index (χ1v) is 15.5. The van der Waals surface area contributed by atoms with Crippen molar-refractivity contribution < 1.29 is 47.7 Å². The fraction of sp³-hybridized carbons (Fsp3) is 0.710. The van der Waals surface area contributed by atoms with Gasteiger partial charge in [-0.1, -0.05) is 63.5 Å². The van der Waals surface area contributed by atoms with E-state index in [0.717, 1.165) is 0 Å². The lowest BCUT2D eigenvalue weighted by molar-refractivity contribution is -0.314. The number of ether oxygens (including phenoxy) is 3. The van der Waals surface area contributed by atoms with Crippen LogP contribution < -0.4 is 0 Å². The molecule has 9 nitrogen and oxygen atoms in total. The quantitative estimate of drug-likeness (QED) is 0.225. The Morgan fingerprint density at radius 3 is 2.02 bits per heavy atom. The molecule has 3 saturated carbocycles. The average molecular weight is 656 g/mol. The van der Waals surface area contributed by atoms with Crippen molar-refractivity contribution in [3.63, 3.8) is 0 Å². The van der Waals surface area contributed by atoms with Crippen LogP contribution in [0.5, 0.6) is 0 Å². The number of ketones is 2. The number of halogens is 2. The predicted molar refractivity (Wildman–Crippen MR) is 151 cm³/mol. The summed E-state index contributed by atoms with van der Waals surface area (Å²) in [4.78, 5) is 64.4. The number of hydrogen-bond acceptors (Lipinski definition) is 9. The van der Waals surface area contributed by atoms with Crippen LogP contribution in [0.1, 0.15) is 80.1 Å². The molecule has 0 amide bonds. The highest BCUT2D eigenvalue weighted by molar-refractivity contribution is 9.10. The average Bonchev–Trinajstić information content (AvgIpc) is 3.19. The number of carbonyl (C=O) groups is 5. The largest absolute Gasteiger partial charge is 0.489 e. The van der Waals surface area contributed by atoms with E-state index in [9.17, 15) is 29.1 Å². The van der Waals surface area contributed by atoms with Gasteiger partial charge in [0.15, 0.2) is 5.78 Å². The van der Waals surface area contributed by atoms with E-state index in [4.69, 9.17) is 14.2 Å². The highest BCUT2D eigenvalue weighted by atomic mass is 79.9. The standard InChI is InChI=1S/C31H40BrFO9/c1-7-23(36)40-31(41-24(37)8-2,42-25(38)9-3)27(39)26-16(4)12-18-19-14-21(33)20-13-17(34)10-11-29(20,6)30(19,32)22(35)15-28(18,26)5/h10-11,13,16,18-19,21-22,26,35H,7-9,12,14-15H2,1-6H3/t16?,18-,19-,21?,22?,26+,28-,29-,30-/m0/s1. The summed E-state index contributed by atoms with van der Waals surface area (Å²) < 4.78 is 31.0. The number of Topliss-reactive ketones (excluding diaryl/α,β-unsaturated/α-hetero) is 1. The van der Waals surface area contributed by atoms with Gasteiger partial charge in [0.1, 0.15) is 6.17 Å². The van der Waals surface area contributed by atoms with Crippen LogP contribution in [-0.2, 0) is 38.2 Å². The molecule has 1 N–H and O–H groups in total. The number of hydrogen-bond donors (Lipinski definition) is 1. The van der Waals surface area contributed by atoms with E-state index in [1.165, 1.54) is 32.9 Å². The summed E-state index contributed by atoms with van der Waals surface area (Å²) >= 11 is 3.87. The maximum absolute atomic E-state index is 15.9. The Bertz CT molecular complexity index is 1200. The van der Waals surface area contributed by atoms with E-state index in [1.54, 1.807) is 6.08 Å². The van der Waals surface area contributed by atoms with Crippen LogP contribution in [0.25, 0.3) is 0 Å². The van der Waals surface area contributed by atoms with Gasteiger partial charge in [-0.3, -0.25) is 24.0 Å². The number of alkyl halides is 2. The van der Waals surface area contributed by atoms with E-state index < -0.39 is 74.8 Å². The number of esters is 3. The maximum Gasteiger partial charge on any atom is 0.489 e. The summed E-state index contributed by atoms with van der Waals surface area (Å²) in [5.41, 5.74) is -1.68. The third kappa shape index (κ3) is 4.78. The fourth-order valence-electron chi connectivity index (χ4n) is 8.20. The van der Waals surface area contributed by atoms with Gasteiger partial charge in [-0.05, 0) is 60.2 Å². The van der Waals surface area contributed by atoms with Gasteiger partial charge >= 0.3 is 23.9 Å². The Morgan fingerprint density at radius 2 is 1.52 bits per heavy atom. The molecule has 232 valence electrons. The molecule has 4 aliphatic rings. The molecule has 0 aromatic heterocycles. The summed E-state index contributed by atoms with van der Waals surface area (Å²) in [5, 5.41) is 11.9. The van der Waals surface area contributed by atoms with Gasteiger partial charge in [0.25, 0.3) is 5.78 Å². The van der Waals surface area contributed by atoms with Crippen molar-refractivity contribution >= 4 is 45.4 Å². The molecule has 4 rings (SSSR count). The third-order valence-electron chi connectivity index (χ3n) is 10.2. The van der Waals surface area contributed by atoms with Gasteiger partial charge in [0.2, 0.25) is 0 Å². The zero-order chi connectivity index (χ0) is 31.4. The highest BCUT2D eigenvalue weighted by Gasteiger charge is 2.73. The smallest absolute Gasteiger partial charge is 0.392 e. The predicted octanol–water partition coefficient (Wildman–Crippen LogP) is 4.68. The molecule has 4 aliphatic carbocycles. The van der Waals surface area contributed by atoms with Gasteiger partial charge in [0, 0.05) is 30.6 Å². The van der Waals surface area contributed by atoms with Crippen molar-refractivity contribution in [2.75, 3.05) is 0 Å². The lowest BCUT2D eigenvalue weighted by Gasteiger charge is -2.64. The molecular formula is C31H40BrFO9. The molecule has 0 aromatic carbocycles. The molecule has 3 unspecified atom stereocenters. The fourth-order valence-corrected chi connectivity index (χ4v) is 9.23. The van der Waals surface area contributed by atoms with Crippen LogP contribution in [0.3, 0.4) is 0 Å². The molecule has 0 spiro atoms. The van der Waals surface area contributed by atoms with Crippen molar-refractivity contribution in [1.82, 2.24) is 0 Å². The van der Waals surface area contributed by atoms with Crippen LogP contribution in [0.2, 0.25) is 0 Å². The first-order valence-electron chi connectivity index (χ1n) is 14.7. The minimum Gasteiger partial charge on any atom is -0.392 e. The molecule has 0 radical (unpaired) electrons. The zero-order valence-electron chi connectivity index (χ0n) is 24.9. The molecule has 0 saturated heterocycles. The lowest BCUT2D eigenvalue weighted by atomic mass is 9.46. The number of rotatable bonds is 8. The number of aliphatic hydroxyl groups is 1. The van der Waals surface area contributed by atoms with Crippen molar-refractivity contribution in [3.8, 4) is 0 Å². The Hall–Kier alpha value is -2.40. The zero-order valence-corrected chi connectivity index (χ0v) is 26.5. The molecular weight excluding hydrogens is 615 g/mol. The van der Waals surface area contributed by atoms with Crippen molar-refractivity contribution in [2.45, 2.75) is 103 Å². The van der Waals surface area contributed by atoms with Crippen LogP contribution in [0.4, 0.5) is 4.39 Å². The van der Waals surface area contributed by atoms with Gasteiger partial charge in [-0.2, -0.15) is 0 Å². The Labute approximate surface area is 253 Å². The van der Waals surface area contributed by atoms with Crippen molar-refractivity contribution in [3.05, 3.63) is 23.8 Å². The minimum absolute atomic E-state index is 0.0182. The van der Waals surface area contributed by atoms with Crippen LogP contribution in [0, 0.1) is 34.5 Å². The molecule has 0 heterocycles. The van der Waals surface area contributed by atoms with Crippen LogP contribution in [0.15, 0.2) is 23.8 Å². The third-order valence-corrected chi connectivity index (χ3v) is 12.1. The van der Waals surface area contributed by atoms with Gasteiger partial charge in [-0.15, -0.1) is 0 Å². The van der Waals surface area contributed by atoms with E-state index in [1.807, 2.05) is 20.8 Å². The summed E-state index contributed by atoms with van der Waals surface area (Å²) in [6, 6.07) is 0. The first-order chi connectivity index (χ1) is 19.5. The van der Waals surface area contributed by atoms with E-state index in [2.05, 4.69) is 15.9 Å². The second kappa shape index (κ2) is 11.3. The molecule has 11 heteroatoms. The molecule has 3 fully saturated rings. The summed E-state index contributed by atoms with van der Waals surface area (Å²) in [6.07, 6.45) is 1.84. The number of fused-ring (bicyclic) bond motifs is 5. The molecule has 0 aromatic rings. The molecule has 42 heavy (non-hydrogen) atoms. The summed E-state index contributed by atoms with van der Waals surface area (Å²) in [7, 11) is 0. The maximum atomic E-state index is 15.9. The Morgan fingerprint density at radius 1 is 1.00 bits per heavy atom. The van der Waals surface area contributed by atoms with Crippen molar-refractivity contribution in [1.29, 1.82) is 0 Å². The minimum atomic E-state index is -2.93. The second-order valence-electron chi connectivity index (χ2n) is 12.5. The Kier molecular flexibility index (Phi) is 8.72. The molecule has 9 atom stereocenters. The van der Waals surface area contributed by atoms with E-state index in [0.29, 0.717) is 12.0 Å². The van der Waals surface area contributed by atoms with Crippen molar-refractivity contribution in [2.24, 2.45) is 34.5 Å². The highest BCUT2D eigenvalue weighted by Crippen LogP contribution is 2.71. The van der Waals surface area contributed by atoms with E-state index >= 15 is 4.39 Å². The second-order valence-corrected chi connectivity index (χ2v) is 13.9. The Balaban J connectivity index is 1.82. The number of allylic oxidation sites excluding steroid dienone is 4. The number of aliphatic hydroxyl groups excluding tert-OH is 1. The first kappa shape index (κ1) is 32.5. The number of carbonyl (C=O) groups excluding carboxylic acids is 5. The van der Waals surface area contributed by atoms with Gasteiger partial charge in [-0.25, -0.2) is 4.39 Å². The lowest BCUT2D eigenvalue weighted by Crippen LogP contribution is -2.68. The summed E-state index contributed by atoms with van der Waals surface area (Å²) in [5.74, 6) is -9.04. The SMILES string of the molecule is CCC(=O)OC(OC(=O)CC)(OC(=O)CC)C(=O)[C@H]1C(C)C[C@H]2[C@@H]3CC(F)C4=CC(=O)C=C[C@]4(C)[C@@]3(Br)C(O)C[C@]12C. The van der Waals surface area contributed by atoms with E-state index in [-0.39, 0.29) is 43.8 Å². The van der Waals surface area contributed by atoms with Gasteiger partial charge < -0.3 is 19.3 Å². The topological polar surface area (TPSA) is 133 Å². The monoisotopic (exact) mass is 654 g/mol. The normalized spacial score (nSPS) is 38.9. The molecule has 0 aliphatic heterocycles. The molecule has 0 bridgehead atoms. The van der Waals surface area contributed by atoms with Gasteiger partial charge in [0.05, 0.1) is 10.4 Å². The summed E-state index contributed by atoms with van der Waals surface area (Å²) in [6.45, 7) is 9.91. The van der Waals surface area contributed by atoms with Crippen LogP contribution >= 0.6 is 15.9 Å².